The maximum atomic E-state index is 14.4. The van der Waals surface area contributed by atoms with Crippen molar-refractivity contribution >= 4 is 23.6 Å². The molecule has 2 aliphatic carbocycles. The third kappa shape index (κ3) is 6.45. The Morgan fingerprint density at radius 3 is 2.37 bits per heavy atom. The highest BCUT2D eigenvalue weighted by molar-refractivity contribution is 5.97. The Labute approximate surface area is 241 Å². The molecule has 5 rings (SSSR count). The van der Waals surface area contributed by atoms with Crippen LogP contribution in [-0.4, -0.2) is 63.2 Å². The molecule has 3 atom stereocenters. The number of hydrogen-bond acceptors (Lipinski definition) is 5. The van der Waals surface area contributed by atoms with Gasteiger partial charge >= 0.3 is 5.97 Å². The average Bonchev–Trinajstić information content (AvgIpc) is 3.59. The first-order valence-electron chi connectivity index (χ1n) is 14.8. The predicted molar refractivity (Wildman–Crippen MR) is 156 cm³/mol. The van der Waals surface area contributed by atoms with Gasteiger partial charge in [-0.1, -0.05) is 86.7 Å². The summed E-state index contributed by atoms with van der Waals surface area (Å²) >= 11 is 0. The molecule has 218 valence electrons. The van der Waals surface area contributed by atoms with Gasteiger partial charge in [0.2, 0.25) is 11.8 Å². The van der Waals surface area contributed by atoms with Crippen molar-refractivity contribution in [2.75, 3.05) is 13.1 Å². The molecule has 0 bridgehead atoms. The van der Waals surface area contributed by atoms with Crippen LogP contribution >= 0.6 is 0 Å². The number of piperidine rings is 1. The van der Waals surface area contributed by atoms with Gasteiger partial charge in [0.25, 0.3) is 0 Å². The highest BCUT2D eigenvalue weighted by Crippen LogP contribution is 2.56. The average molecular weight is 560 g/mol. The molecule has 3 aliphatic rings. The SMILES string of the molecule is N=C(N)c1ccc(CNC(=O)[C@]23C[C@H]2CCN3C(=O)[C@@H](CC2CCCCC2)N(CC(=O)O)Cc2ccccc2)cc1. The lowest BCUT2D eigenvalue weighted by Gasteiger charge is -2.38. The molecular weight excluding hydrogens is 518 g/mol. The Kier molecular flexibility index (Phi) is 8.73. The summed E-state index contributed by atoms with van der Waals surface area (Å²) in [5, 5.41) is 20.5. The van der Waals surface area contributed by atoms with E-state index in [-0.39, 0.29) is 30.1 Å². The molecule has 1 heterocycles. The Morgan fingerprint density at radius 2 is 1.73 bits per heavy atom. The third-order valence-electron chi connectivity index (χ3n) is 9.21. The number of amides is 2. The summed E-state index contributed by atoms with van der Waals surface area (Å²) < 4.78 is 0. The first-order chi connectivity index (χ1) is 19.8. The van der Waals surface area contributed by atoms with Gasteiger partial charge in [-0.25, -0.2) is 0 Å². The van der Waals surface area contributed by atoms with Crippen LogP contribution in [0.25, 0.3) is 0 Å². The second-order valence-corrected chi connectivity index (χ2v) is 11.9. The fraction of sp³-hybridized carbons (Fsp3) is 0.500. The van der Waals surface area contributed by atoms with Crippen LogP contribution in [0.15, 0.2) is 54.6 Å². The van der Waals surface area contributed by atoms with Crippen LogP contribution in [0.1, 0.15) is 68.1 Å². The Hall–Kier alpha value is -3.72. The van der Waals surface area contributed by atoms with Crippen molar-refractivity contribution in [2.45, 2.75) is 76.0 Å². The first kappa shape index (κ1) is 28.8. The molecule has 3 fully saturated rings. The molecule has 9 nitrogen and oxygen atoms in total. The second-order valence-electron chi connectivity index (χ2n) is 11.9. The summed E-state index contributed by atoms with van der Waals surface area (Å²) in [7, 11) is 0. The van der Waals surface area contributed by atoms with Crippen molar-refractivity contribution in [3.8, 4) is 0 Å². The highest BCUT2D eigenvalue weighted by Gasteiger charge is 2.68. The van der Waals surface area contributed by atoms with E-state index in [1.807, 2.05) is 47.4 Å². The quantitative estimate of drug-likeness (QED) is 0.232. The van der Waals surface area contributed by atoms with Gasteiger partial charge in [-0.05, 0) is 42.2 Å². The molecule has 2 aromatic rings. The fourth-order valence-electron chi connectivity index (χ4n) is 6.91. The van der Waals surface area contributed by atoms with Crippen LogP contribution < -0.4 is 11.1 Å². The molecule has 1 aliphatic heterocycles. The second kappa shape index (κ2) is 12.4. The largest absolute Gasteiger partial charge is 0.480 e. The Balaban J connectivity index is 1.35. The lowest BCUT2D eigenvalue weighted by Crippen LogP contribution is -2.57. The third-order valence-corrected chi connectivity index (χ3v) is 9.21. The van der Waals surface area contributed by atoms with Crippen LogP contribution in [-0.2, 0) is 27.5 Å². The molecule has 5 N–H and O–H groups in total. The van der Waals surface area contributed by atoms with Crippen LogP contribution in [0, 0.1) is 17.2 Å². The molecule has 9 heteroatoms. The van der Waals surface area contributed by atoms with Gasteiger partial charge in [0.1, 0.15) is 11.4 Å². The molecule has 0 aromatic heterocycles. The first-order valence-corrected chi connectivity index (χ1v) is 14.8. The number of nitrogens with one attached hydrogen (secondary N) is 2. The van der Waals surface area contributed by atoms with E-state index < -0.39 is 17.6 Å². The number of amidine groups is 1. The van der Waals surface area contributed by atoms with Crippen molar-refractivity contribution in [1.29, 1.82) is 5.41 Å². The van der Waals surface area contributed by atoms with Crippen molar-refractivity contribution < 1.29 is 19.5 Å². The van der Waals surface area contributed by atoms with Crippen molar-refractivity contribution in [3.63, 3.8) is 0 Å². The molecule has 0 radical (unpaired) electrons. The van der Waals surface area contributed by atoms with E-state index in [2.05, 4.69) is 5.32 Å². The number of nitrogens with two attached hydrogens (primary N) is 1. The zero-order valence-electron chi connectivity index (χ0n) is 23.6. The minimum atomic E-state index is -0.962. The van der Waals surface area contributed by atoms with Crippen LogP contribution in [0.3, 0.4) is 0 Å². The maximum absolute atomic E-state index is 14.4. The van der Waals surface area contributed by atoms with Gasteiger partial charge < -0.3 is 21.1 Å². The van der Waals surface area contributed by atoms with Gasteiger partial charge in [0.15, 0.2) is 0 Å². The standard InChI is InChI=1S/C32H41N5O4/c33-29(34)25-13-11-23(12-14-25)19-35-31(41)32-18-26(32)15-16-37(32)30(40)27(17-22-7-3-1-4-8-22)36(21-28(38)39)20-24-9-5-2-6-10-24/h2,5-6,9-14,22,26-27H,1,3-4,7-8,15-21H2,(H3,33,34)(H,35,41)(H,38,39)/t26-,27-,32+/m1/s1. The zero-order chi connectivity index (χ0) is 29.0. The van der Waals surface area contributed by atoms with E-state index in [0.29, 0.717) is 44.0 Å². The summed E-state index contributed by atoms with van der Waals surface area (Å²) in [6.07, 6.45) is 7.59. The maximum Gasteiger partial charge on any atom is 0.317 e. The van der Waals surface area contributed by atoms with E-state index in [1.165, 1.54) is 6.42 Å². The van der Waals surface area contributed by atoms with Gasteiger partial charge in [-0.2, -0.15) is 0 Å². The van der Waals surface area contributed by atoms with Gasteiger partial charge in [-0.15, -0.1) is 0 Å². The molecule has 2 amide bonds. The van der Waals surface area contributed by atoms with Crippen molar-refractivity contribution in [2.24, 2.45) is 17.6 Å². The lowest BCUT2D eigenvalue weighted by molar-refractivity contribution is -0.148. The van der Waals surface area contributed by atoms with Crippen LogP contribution in [0.2, 0.25) is 0 Å². The van der Waals surface area contributed by atoms with E-state index in [1.54, 1.807) is 17.0 Å². The molecule has 0 unspecified atom stereocenters. The number of carbonyl (C=O) groups is 3. The predicted octanol–water partition coefficient (Wildman–Crippen LogP) is 3.50. The van der Waals surface area contributed by atoms with E-state index >= 15 is 0 Å². The smallest absolute Gasteiger partial charge is 0.317 e. The highest BCUT2D eigenvalue weighted by atomic mass is 16.4. The molecule has 0 spiro atoms. The summed E-state index contributed by atoms with van der Waals surface area (Å²) in [5.41, 5.74) is 7.16. The van der Waals surface area contributed by atoms with E-state index in [9.17, 15) is 19.5 Å². The number of hydrogen-bond donors (Lipinski definition) is 4. The monoisotopic (exact) mass is 559 g/mol. The van der Waals surface area contributed by atoms with E-state index in [4.69, 9.17) is 11.1 Å². The molecule has 2 saturated carbocycles. The van der Waals surface area contributed by atoms with Crippen LogP contribution in [0.4, 0.5) is 0 Å². The number of likely N-dealkylation sites (tertiary alicyclic amines) is 1. The summed E-state index contributed by atoms with van der Waals surface area (Å²) in [5.74, 6) is -0.736. The van der Waals surface area contributed by atoms with Gasteiger partial charge in [-0.3, -0.25) is 24.7 Å². The summed E-state index contributed by atoms with van der Waals surface area (Å²) in [6.45, 7) is 0.962. The van der Waals surface area contributed by atoms with Gasteiger partial charge in [0, 0.05) is 25.2 Å². The Morgan fingerprint density at radius 1 is 1.02 bits per heavy atom. The Bertz CT molecular complexity index is 1260. The van der Waals surface area contributed by atoms with E-state index in [0.717, 1.165) is 43.2 Å². The molecule has 41 heavy (non-hydrogen) atoms. The van der Waals surface area contributed by atoms with Crippen LogP contribution in [0.5, 0.6) is 0 Å². The summed E-state index contributed by atoms with van der Waals surface area (Å²) in [4.78, 5) is 43.7. The number of carbonyl (C=O) groups excluding carboxylic acids is 2. The summed E-state index contributed by atoms with van der Waals surface area (Å²) in [6, 6.07) is 16.3. The fourth-order valence-corrected chi connectivity index (χ4v) is 6.91. The number of rotatable bonds is 12. The van der Waals surface area contributed by atoms with Gasteiger partial charge in [0.05, 0.1) is 12.6 Å². The number of fused-ring (bicyclic) bond motifs is 1. The van der Waals surface area contributed by atoms with Crippen molar-refractivity contribution in [3.05, 3.63) is 71.3 Å². The lowest BCUT2D eigenvalue weighted by atomic mass is 9.84. The molecule has 2 aromatic carbocycles. The number of carboxylic acid groups (broad SMARTS) is 1. The van der Waals surface area contributed by atoms with Crippen molar-refractivity contribution in [1.82, 2.24) is 15.1 Å². The normalized spacial score (nSPS) is 22.7. The number of aliphatic carboxylic acids is 1. The molecular formula is C32H41N5O4. The number of benzene rings is 2. The number of nitrogen functional groups attached to an aromatic ring is 1. The molecule has 1 saturated heterocycles. The zero-order valence-corrected chi connectivity index (χ0v) is 23.6. The number of nitrogens with zero attached hydrogens (tertiary/aromatic N) is 2. The minimum Gasteiger partial charge on any atom is -0.480 e. The topological polar surface area (TPSA) is 140 Å². The number of carboxylic acids is 1. The minimum absolute atomic E-state index is 0.00704.